The number of pyridine rings is 2. The third kappa shape index (κ3) is 4.85. The molecule has 0 bridgehead atoms. The molecule has 0 spiro atoms. The second-order valence-corrected chi connectivity index (χ2v) is 10.4. The van der Waals surface area contributed by atoms with Gasteiger partial charge in [0.25, 0.3) is 11.5 Å². The van der Waals surface area contributed by atoms with Crippen LogP contribution in [0.1, 0.15) is 55.1 Å². The lowest BCUT2D eigenvalue weighted by Gasteiger charge is -2.45. The van der Waals surface area contributed by atoms with Crippen molar-refractivity contribution in [1.82, 2.24) is 19.8 Å². The molecule has 4 rings (SSSR count). The molecule has 7 nitrogen and oxygen atoms in total. The molecule has 34 heavy (non-hydrogen) atoms. The van der Waals surface area contributed by atoms with Crippen LogP contribution in [0.4, 0.5) is 0 Å². The normalized spacial score (nSPS) is 14.8. The maximum atomic E-state index is 13.4. The Labute approximate surface area is 203 Å². The summed E-state index contributed by atoms with van der Waals surface area (Å²) in [5.74, 6) is -0.502. The van der Waals surface area contributed by atoms with Gasteiger partial charge in [-0.2, -0.15) is 0 Å². The zero-order valence-electron chi connectivity index (χ0n) is 19.9. The van der Waals surface area contributed by atoms with Gasteiger partial charge < -0.3 is 10.2 Å². The van der Waals surface area contributed by atoms with E-state index in [4.69, 9.17) is 11.6 Å². The van der Waals surface area contributed by atoms with E-state index in [0.29, 0.717) is 29.1 Å². The number of halogens is 1. The van der Waals surface area contributed by atoms with Crippen LogP contribution in [-0.4, -0.2) is 39.4 Å². The number of nitrogens with one attached hydrogen (secondary N) is 1. The smallest absolute Gasteiger partial charge is 0.265 e. The summed E-state index contributed by atoms with van der Waals surface area (Å²) in [5.41, 5.74) is 1.78. The van der Waals surface area contributed by atoms with Crippen LogP contribution in [-0.2, 0) is 17.9 Å². The van der Waals surface area contributed by atoms with Gasteiger partial charge in [-0.1, -0.05) is 51.4 Å². The number of amides is 2. The molecule has 0 saturated carbocycles. The minimum atomic E-state index is -0.525. The number of fused-ring (bicyclic) bond motifs is 1. The van der Waals surface area contributed by atoms with Crippen molar-refractivity contribution in [3.63, 3.8) is 0 Å². The second kappa shape index (κ2) is 9.22. The Hall–Kier alpha value is -3.19. The fourth-order valence-corrected chi connectivity index (χ4v) is 4.50. The van der Waals surface area contributed by atoms with Crippen LogP contribution in [0.3, 0.4) is 0 Å². The van der Waals surface area contributed by atoms with Crippen LogP contribution in [0, 0.1) is 5.41 Å². The monoisotopic (exact) mass is 480 g/mol. The molecule has 0 aliphatic carbocycles. The number of carbonyl (C=O) groups excluding carboxylic acids is 2. The Bertz CT molecular complexity index is 1300. The predicted molar refractivity (Wildman–Crippen MR) is 133 cm³/mol. The fourth-order valence-electron chi connectivity index (χ4n) is 4.38. The first-order chi connectivity index (χ1) is 16.1. The highest BCUT2D eigenvalue weighted by molar-refractivity contribution is 6.30. The number of benzene rings is 1. The summed E-state index contributed by atoms with van der Waals surface area (Å²) in [6, 6.07) is 10.6. The largest absolute Gasteiger partial charge is 0.348 e. The molecule has 0 radical (unpaired) electrons. The first-order valence-electron chi connectivity index (χ1n) is 11.4. The van der Waals surface area contributed by atoms with Crippen molar-refractivity contribution in [3.05, 3.63) is 74.7 Å². The number of hydrogen-bond acceptors (Lipinski definition) is 4. The minimum absolute atomic E-state index is 0.00639. The summed E-state index contributed by atoms with van der Waals surface area (Å²) in [4.78, 5) is 45.6. The van der Waals surface area contributed by atoms with Crippen molar-refractivity contribution in [1.29, 1.82) is 0 Å². The van der Waals surface area contributed by atoms with Gasteiger partial charge in [-0.25, -0.2) is 4.98 Å². The summed E-state index contributed by atoms with van der Waals surface area (Å²) >= 11 is 5.93. The maximum absolute atomic E-state index is 13.4. The topological polar surface area (TPSA) is 84.3 Å². The highest BCUT2D eigenvalue weighted by atomic mass is 35.5. The molecule has 1 N–H and O–H groups in total. The first kappa shape index (κ1) is 24.0. The standard InChI is InChI=1S/C26H29ClN4O3/c1-16(2)19-9-10-28-23-20(19)11-21(24(33)29-12-17-5-7-18(27)8-6-17)25(34)31(23)13-22(32)30-14-26(3,4)15-30/h5-11,16H,12-15H2,1-4H3,(H,29,33). The average molecular weight is 481 g/mol. The summed E-state index contributed by atoms with van der Waals surface area (Å²) in [5, 5.41) is 4.12. The van der Waals surface area contributed by atoms with Crippen LogP contribution in [0.2, 0.25) is 5.02 Å². The third-order valence-corrected chi connectivity index (χ3v) is 6.39. The van der Waals surface area contributed by atoms with Crippen molar-refractivity contribution in [2.75, 3.05) is 13.1 Å². The molecule has 0 atom stereocenters. The van der Waals surface area contributed by atoms with Gasteiger partial charge >= 0.3 is 0 Å². The molecular formula is C26H29ClN4O3. The number of rotatable bonds is 6. The molecule has 0 unspecified atom stereocenters. The van der Waals surface area contributed by atoms with E-state index < -0.39 is 11.5 Å². The molecule has 1 fully saturated rings. The highest BCUT2D eigenvalue weighted by Gasteiger charge is 2.37. The van der Waals surface area contributed by atoms with Gasteiger partial charge in [0.15, 0.2) is 0 Å². The number of aromatic nitrogens is 2. The number of nitrogens with zero attached hydrogens (tertiary/aromatic N) is 3. The molecule has 1 aromatic carbocycles. The number of carbonyl (C=O) groups is 2. The van der Waals surface area contributed by atoms with Gasteiger partial charge in [-0.15, -0.1) is 0 Å². The average Bonchev–Trinajstić information content (AvgIpc) is 2.77. The summed E-state index contributed by atoms with van der Waals surface area (Å²) < 4.78 is 1.34. The lowest BCUT2D eigenvalue weighted by molar-refractivity contribution is -0.142. The van der Waals surface area contributed by atoms with Crippen molar-refractivity contribution < 1.29 is 9.59 Å². The fraction of sp³-hybridized carbons (Fsp3) is 0.385. The van der Waals surface area contributed by atoms with Gasteiger partial charge in [0.05, 0.1) is 0 Å². The van der Waals surface area contributed by atoms with Crippen molar-refractivity contribution in [2.45, 2.75) is 46.7 Å². The van der Waals surface area contributed by atoms with E-state index in [1.807, 2.05) is 32.0 Å². The number of likely N-dealkylation sites (tertiary alicyclic amines) is 1. The van der Waals surface area contributed by atoms with E-state index in [-0.39, 0.29) is 35.9 Å². The Kier molecular flexibility index (Phi) is 6.49. The van der Waals surface area contributed by atoms with Crippen LogP contribution in [0.5, 0.6) is 0 Å². The van der Waals surface area contributed by atoms with E-state index in [1.165, 1.54) is 4.57 Å². The summed E-state index contributed by atoms with van der Waals surface area (Å²) in [6.45, 7) is 9.66. The molecule has 1 aliphatic heterocycles. The van der Waals surface area contributed by atoms with Crippen molar-refractivity contribution in [2.24, 2.45) is 5.41 Å². The zero-order valence-corrected chi connectivity index (χ0v) is 20.6. The van der Waals surface area contributed by atoms with Crippen LogP contribution < -0.4 is 10.9 Å². The SMILES string of the molecule is CC(C)c1ccnc2c1cc(C(=O)NCc1ccc(Cl)cc1)c(=O)n2CC(=O)N1CC(C)(C)C1. The summed E-state index contributed by atoms with van der Waals surface area (Å²) in [6.07, 6.45) is 1.64. The Morgan fingerprint density at radius 3 is 2.44 bits per heavy atom. The molecule has 1 saturated heterocycles. The molecule has 8 heteroatoms. The minimum Gasteiger partial charge on any atom is -0.348 e. The maximum Gasteiger partial charge on any atom is 0.265 e. The van der Waals surface area contributed by atoms with Crippen LogP contribution in [0.25, 0.3) is 11.0 Å². The van der Waals surface area contributed by atoms with Gasteiger partial charge in [-0.05, 0) is 46.7 Å². The van der Waals surface area contributed by atoms with E-state index in [2.05, 4.69) is 24.1 Å². The first-order valence-corrected chi connectivity index (χ1v) is 11.8. The van der Waals surface area contributed by atoms with Gasteiger partial charge in [-0.3, -0.25) is 19.0 Å². The van der Waals surface area contributed by atoms with Crippen molar-refractivity contribution >= 4 is 34.4 Å². The van der Waals surface area contributed by atoms with Crippen LogP contribution in [0.15, 0.2) is 47.4 Å². The molecule has 2 aromatic heterocycles. The second-order valence-electron chi connectivity index (χ2n) is 9.96. The molecular weight excluding hydrogens is 452 g/mol. The predicted octanol–water partition coefficient (Wildman–Crippen LogP) is 3.97. The quantitative estimate of drug-likeness (QED) is 0.578. The molecule has 178 valence electrons. The van der Waals surface area contributed by atoms with E-state index in [0.717, 1.165) is 11.1 Å². The lowest BCUT2D eigenvalue weighted by atomic mass is 9.84. The Morgan fingerprint density at radius 1 is 1.15 bits per heavy atom. The van der Waals surface area contributed by atoms with E-state index >= 15 is 0 Å². The third-order valence-electron chi connectivity index (χ3n) is 6.14. The zero-order chi connectivity index (χ0) is 24.6. The van der Waals surface area contributed by atoms with E-state index in [9.17, 15) is 14.4 Å². The molecule has 1 aliphatic rings. The summed E-state index contributed by atoms with van der Waals surface area (Å²) in [7, 11) is 0. The molecule has 3 heterocycles. The highest BCUT2D eigenvalue weighted by Crippen LogP contribution is 2.29. The van der Waals surface area contributed by atoms with Gasteiger partial charge in [0, 0.05) is 36.2 Å². The van der Waals surface area contributed by atoms with Crippen LogP contribution >= 0.6 is 11.6 Å². The molecule has 2 amide bonds. The Balaban J connectivity index is 1.71. The van der Waals surface area contributed by atoms with E-state index in [1.54, 1.807) is 29.3 Å². The van der Waals surface area contributed by atoms with Crippen molar-refractivity contribution in [3.8, 4) is 0 Å². The Morgan fingerprint density at radius 2 is 1.82 bits per heavy atom. The molecule has 3 aromatic rings. The number of hydrogen-bond donors (Lipinski definition) is 1. The van der Waals surface area contributed by atoms with Gasteiger partial charge in [0.2, 0.25) is 5.91 Å². The van der Waals surface area contributed by atoms with Gasteiger partial charge in [0.1, 0.15) is 17.8 Å². The lowest BCUT2D eigenvalue weighted by Crippen LogP contribution is -2.56.